The average molecular weight is 276 g/mol. The fraction of sp³-hybridized carbons (Fsp3) is 0.667. The van der Waals surface area contributed by atoms with Crippen molar-refractivity contribution in [2.24, 2.45) is 0 Å². The van der Waals surface area contributed by atoms with Crippen LogP contribution in [0.15, 0.2) is 12.2 Å². The summed E-state index contributed by atoms with van der Waals surface area (Å²) in [6, 6.07) is 0. The molecule has 0 bridgehead atoms. The van der Waals surface area contributed by atoms with Crippen molar-refractivity contribution in [1.82, 2.24) is 0 Å². The van der Waals surface area contributed by atoms with Crippen molar-refractivity contribution in [3.63, 3.8) is 0 Å². The summed E-state index contributed by atoms with van der Waals surface area (Å²) >= 11 is 0. The molecule has 0 fully saturated rings. The highest BCUT2D eigenvalue weighted by atomic mass is 16.7. The van der Waals surface area contributed by atoms with Gasteiger partial charge in [-0.15, -0.1) is 0 Å². The van der Waals surface area contributed by atoms with E-state index in [4.69, 9.17) is 18.9 Å². The van der Waals surface area contributed by atoms with E-state index in [0.717, 1.165) is 0 Å². The van der Waals surface area contributed by atoms with E-state index in [0.29, 0.717) is 0 Å². The van der Waals surface area contributed by atoms with Crippen molar-refractivity contribution >= 4 is 11.9 Å². The SMILES string of the molecule is C=C(C)C(=O)OCC(O)COC(=O)C(C)(OC)OC. The van der Waals surface area contributed by atoms with Crippen LogP contribution in [-0.2, 0) is 28.5 Å². The van der Waals surface area contributed by atoms with Crippen LogP contribution in [0.2, 0.25) is 0 Å². The lowest BCUT2D eigenvalue weighted by atomic mass is 10.3. The molecule has 1 atom stereocenters. The molecule has 0 saturated heterocycles. The molecule has 0 rings (SSSR count). The summed E-state index contributed by atoms with van der Waals surface area (Å²) in [4.78, 5) is 22.6. The summed E-state index contributed by atoms with van der Waals surface area (Å²) in [5.74, 6) is -2.94. The molecule has 0 aliphatic heterocycles. The summed E-state index contributed by atoms with van der Waals surface area (Å²) < 4.78 is 19.2. The maximum absolute atomic E-state index is 11.6. The number of aliphatic hydroxyl groups excluding tert-OH is 1. The number of hydrogen-bond donors (Lipinski definition) is 1. The summed E-state index contributed by atoms with van der Waals surface area (Å²) in [6.07, 6.45) is -1.13. The Morgan fingerprint density at radius 1 is 1.21 bits per heavy atom. The molecule has 19 heavy (non-hydrogen) atoms. The van der Waals surface area contributed by atoms with E-state index < -0.39 is 23.8 Å². The first-order valence-corrected chi connectivity index (χ1v) is 5.55. The molecule has 0 aliphatic carbocycles. The monoisotopic (exact) mass is 276 g/mol. The second-order valence-corrected chi connectivity index (χ2v) is 3.99. The van der Waals surface area contributed by atoms with Crippen LogP contribution in [0.4, 0.5) is 0 Å². The molecule has 0 spiro atoms. The van der Waals surface area contributed by atoms with Gasteiger partial charge in [0.2, 0.25) is 0 Å². The van der Waals surface area contributed by atoms with Crippen LogP contribution in [0.3, 0.4) is 0 Å². The zero-order chi connectivity index (χ0) is 15.1. The van der Waals surface area contributed by atoms with Gasteiger partial charge in [-0.05, 0) is 6.92 Å². The first-order chi connectivity index (χ1) is 8.76. The predicted octanol–water partition coefficient (Wildman–Crippen LogP) is 0.0188. The molecule has 0 amide bonds. The summed E-state index contributed by atoms with van der Waals surface area (Å²) in [5, 5.41) is 9.47. The van der Waals surface area contributed by atoms with Crippen LogP contribution >= 0.6 is 0 Å². The van der Waals surface area contributed by atoms with E-state index in [2.05, 4.69) is 6.58 Å². The summed E-state index contributed by atoms with van der Waals surface area (Å²) in [7, 11) is 2.58. The number of carbonyl (C=O) groups is 2. The molecule has 0 saturated carbocycles. The van der Waals surface area contributed by atoms with Crippen LogP contribution in [0.5, 0.6) is 0 Å². The number of hydrogen-bond acceptors (Lipinski definition) is 7. The van der Waals surface area contributed by atoms with Gasteiger partial charge >= 0.3 is 11.9 Å². The van der Waals surface area contributed by atoms with Crippen LogP contribution < -0.4 is 0 Å². The average Bonchev–Trinajstić information content (AvgIpc) is 2.40. The summed E-state index contributed by atoms with van der Waals surface area (Å²) in [6.45, 7) is 5.61. The van der Waals surface area contributed by atoms with E-state index in [-0.39, 0.29) is 18.8 Å². The molecule has 0 aromatic rings. The normalized spacial score (nSPS) is 12.7. The minimum absolute atomic E-state index is 0.218. The molecule has 0 heterocycles. The highest BCUT2D eigenvalue weighted by Crippen LogP contribution is 2.12. The van der Waals surface area contributed by atoms with Crippen LogP contribution in [0.1, 0.15) is 13.8 Å². The highest BCUT2D eigenvalue weighted by Gasteiger charge is 2.35. The van der Waals surface area contributed by atoms with Gasteiger partial charge in [0.1, 0.15) is 19.3 Å². The Kier molecular flexibility index (Phi) is 7.28. The smallest absolute Gasteiger partial charge is 0.366 e. The van der Waals surface area contributed by atoms with Gasteiger partial charge in [0.25, 0.3) is 5.79 Å². The molecule has 0 aromatic carbocycles. The second kappa shape index (κ2) is 7.88. The van der Waals surface area contributed by atoms with Gasteiger partial charge in [-0.25, -0.2) is 9.59 Å². The maximum atomic E-state index is 11.6. The minimum Gasteiger partial charge on any atom is -0.459 e. The highest BCUT2D eigenvalue weighted by molar-refractivity contribution is 5.86. The van der Waals surface area contributed by atoms with Crippen molar-refractivity contribution in [3.05, 3.63) is 12.2 Å². The van der Waals surface area contributed by atoms with E-state index in [9.17, 15) is 14.7 Å². The number of ether oxygens (including phenoxy) is 4. The third kappa shape index (κ3) is 5.82. The van der Waals surface area contributed by atoms with Gasteiger partial charge in [0.05, 0.1) is 0 Å². The number of carbonyl (C=O) groups excluding carboxylic acids is 2. The predicted molar refractivity (Wildman–Crippen MR) is 65.2 cm³/mol. The number of rotatable bonds is 8. The molecule has 1 N–H and O–H groups in total. The van der Waals surface area contributed by atoms with Crippen molar-refractivity contribution < 1.29 is 33.6 Å². The molecular formula is C12H20O7. The third-order valence-corrected chi connectivity index (χ3v) is 2.31. The minimum atomic E-state index is -1.53. The fourth-order valence-electron chi connectivity index (χ4n) is 0.896. The molecule has 7 heteroatoms. The zero-order valence-corrected chi connectivity index (χ0v) is 11.6. The van der Waals surface area contributed by atoms with Gasteiger partial charge < -0.3 is 24.1 Å². The Bertz CT molecular complexity index is 333. The van der Waals surface area contributed by atoms with Crippen LogP contribution in [-0.4, -0.2) is 56.4 Å². The topological polar surface area (TPSA) is 91.3 Å². The lowest BCUT2D eigenvalue weighted by Gasteiger charge is -2.24. The second-order valence-electron chi connectivity index (χ2n) is 3.99. The molecule has 7 nitrogen and oxygen atoms in total. The number of aliphatic hydroxyl groups is 1. The lowest BCUT2D eigenvalue weighted by molar-refractivity contribution is -0.224. The molecule has 1 unspecified atom stereocenters. The Morgan fingerprint density at radius 2 is 1.68 bits per heavy atom. The molecule has 0 aromatic heterocycles. The van der Waals surface area contributed by atoms with E-state index in [1.165, 1.54) is 28.1 Å². The molecular weight excluding hydrogens is 256 g/mol. The van der Waals surface area contributed by atoms with Crippen LogP contribution in [0.25, 0.3) is 0 Å². The Balaban J connectivity index is 4.10. The summed E-state index contributed by atoms with van der Waals surface area (Å²) in [5.41, 5.74) is 0.218. The largest absolute Gasteiger partial charge is 0.459 e. The molecule has 0 radical (unpaired) electrons. The van der Waals surface area contributed by atoms with Gasteiger partial charge in [0.15, 0.2) is 0 Å². The van der Waals surface area contributed by atoms with E-state index >= 15 is 0 Å². The molecule has 0 aliphatic rings. The fourth-order valence-corrected chi connectivity index (χ4v) is 0.896. The Hall–Kier alpha value is -1.44. The van der Waals surface area contributed by atoms with Crippen molar-refractivity contribution in [2.75, 3.05) is 27.4 Å². The van der Waals surface area contributed by atoms with Gasteiger partial charge in [0, 0.05) is 26.7 Å². The Labute approximate surface area is 112 Å². The first-order valence-electron chi connectivity index (χ1n) is 5.55. The van der Waals surface area contributed by atoms with Gasteiger partial charge in [-0.1, -0.05) is 6.58 Å². The van der Waals surface area contributed by atoms with Crippen molar-refractivity contribution in [2.45, 2.75) is 25.7 Å². The van der Waals surface area contributed by atoms with Gasteiger partial charge in [-0.2, -0.15) is 0 Å². The maximum Gasteiger partial charge on any atom is 0.366 e. The molecule has 110 valence electrons. The van der Waals surface area contributed by atoms with Crippen LogP contribution in [0, 0.1) is 0 Å². The third-order valence-electron chi connectivity index (χ3n) is 2.31. The van der Waals surface area contributed by atoms with Crippen molar-refractivity contribution in [3.8, 4) is 0 Å². The Morgan fingerprint density at radius 3 is 2.11 bits per heavy atom. The van der Waals surface area contributed by atoms with E-state index in [1.807, 2.05) is 0 Å². The van der Waals surface area contributed by atoms with Gasteiger partial charge in [-0.3, -0.25) is 0 Å². The quantitative estimate of drug-likeness (QED) is 0.379. The van der Waals surface area contributed by atoms with Crippen molar-refractivity contribution in [1.29, 1.82) is 0 Å². The zero-order valence-electron chi connectivity index (χ0n) is 11.6. The number of esters is 2. The lowest BCUT2D eigenvalue weighted by Crippen LogP contribution is -2.42. The standard InChI is InChI=1S/C12H20O7/c1-8(2)10(14)18-6-9(13)7-19-11(15)12(3,16-4)17-5/h9,13H,1,6-7H2,2-5H3. The number of methoxy groups -OCH3 is 2. The van der Waals surface area contributed by atoms with E-state index in [1.54, 1.807) is 0 Å². The first kappa shape index (κ1) is 17.6.